The van der Waals surface area contributed by atoms with Crippen LogP contribution in [0.1, 0.15) is 42.1 Å². The molecule has 0 amide bonds. The lowest BCUT2D eigenvalue weighted by atomic mass is 10.1. The summed E-state index contributed by atoms with van der Waals surface area (Å²) >= 11 is 0. The molecule has 1 atom stereocenters. The second-order valence-corrected chi connectivity index (χ2v) is 4.15. The highest BCUT2D eigenvalue weighted by molar-refractivity contribution is 5.85. The Labute approximate surface area is 106 Å². The molecular formula is C12H14ClN3O. The molecular weight excluding hydrogens is 238 g/mol. The van der Waals surface area contributed by atoms with Gasteiger partial charge in [-0.2, -0.15) is 4.98 Å². The standard InChI is InChI=1S/C12H13N3O.ClH/c13-10(8-4-2-1-3-5-8)12-14-11(15-16-12)9-6-7-9;/h1-5,9-10H,6-7,13H2;1H. The van der Waals surface area contributed by atoms with Crippen LogP contribution in [-0.2, 0) is 0 Å². The molecule has 1 aliphatic rings. The van der Waals surface area contributed by atoms with Crippen LogP contribution in [0.5, 0.6) is 0 Å². The minimum Gasteiger partial charge on any atom is -0.337 e. The highest BCUT2D eigenvalue weighted by atomic mass is 35.5. The molecule has 90 valence electrons. The number of hydrogen-bond donors (Lipinski definition) is 1. The van der Waals surface area contributed by atoms with Gasteiger partial charge in [-0.15, -0.1) is 12.4 Å². The van der Waals surface area contributed by atoms with E-state index in [4.69, 9.17) is 10.3 Å². The van der Waals surface area contributed by atoms with Gasteiger partial charge in [-0.05, 0) is 18.4 Å². The highest BCUT2D eigenvalue weighted by Gasteiger charge is 2.29. The molecule has 5 heteroatoms. The van der Waals surface area contributed by atoms with Crippen molar-refractivity contribution in [2.75, 3.05) is 0 Å². The first-order valence-corrected chi connectivity index (χ1v) is 5.48. The van der Waals surface area contributed by atoms with E-state index in [0.29, 0.717) is 11.8 Å². The molecule has 1 aromatic carbocycles. The summed E-state index contributed by atoms with van der Waals surface area (Å²) in [7, 11) is 0. The lowest BCUT2D eigenvalue weighted by Crippen LogP contribution is -2.12. The third-order valence-corrected chi connectivity index (χ3v) is 2.82. The van der Waals surface area contributed by atoms with Crippen molar-refractivity contribution >= 4 is 12.4 Å². The van der Waals surface area contributed by atoms with E-state index in [2.05, 4.69) is 10.1 Å². The Morgan fingerprint density at radius 1 is 1.24 bits per heavy atom. The third-order valence-electron chi connectivity index (χ3n) is 2.82. The van der Waals surface area contributed by atoms with Gasteiger partial charge in [0.05, 0.1) is 0 Å². The van der Waals surface area contributed by atoms with Crippen LogP contribution in [0.4, 0.5) is 0 Å². The molecule has 1 aromatic heterocycles. The smallest absolute Gasteiger partial charge is 0.248 e. The number of rotatable bonds is 3. The fourth-order valence-electron chi connectivity index (χ4n) is 1.68. The van der Waals surface area contributed by atoms with Crippen molar-refractivity contribution in [2.45, 2.75) is 24.8 Å². The molecule has 1 unspecified atom stereocenters. The highest BCUT2D eigenvalue weighted by Crippen LogP contribution is 2.38. The molecule has 2 N–H and O–H groups in total. The molecule has 4 nitrogen and oxygen atoms in total. The summed E-state index contributed by atoms with van der Waals surface area (Å²) in [6.45, 7) is 0. The summed E-state index contributed by atoms with van der Waals surface area (Å²) in [5.74, 6) is 1.81. The van der Waals surface area contributed by atoms with Gasteiger partial charge in [-0.1, -0.05) is 35.5 Å². The molecule has 0 saturated heterocycles. The van der Waals surface area contributed by atoms with Gasteiger partial charge < -0.3 is 10.3 Å². The molecule has 1 aliphatic carbocycles. The van der Waals surface area contributed by atoms with Gasteiger partial charge in [-0.3, -0.25) is 0 Å². The summed E-state index contributed by atoms with van der Waals surface area (Å²) in [6.07, 6.45) is 2.33. The van der Waals surface area contributed by atoms with Gasteiger partial charge in [0, 0.05) is 5.92 Å². The van der Waals surface area contributed by atoms with E-state index in [1.807, 2.05) is 30.3 Å². The zero-order chi connectivity index (χ0) is 11.0. The fourth-order valence-corrected chi connectivity index (χ4v) is 1.68. The Balaban J connectivity index is 0.00000108. The molecule has 0 spiro atoms. The molecule has 0 aliphatic heterocycles. The van der Waals surface area contributed by atoms with Crippen molar-refractivity contribution in [3.63, 3.8) is 0 Å². The molecule has 1 fully saturated rings. The van der Waals surface area contributed by atoms with Gasteiger partial charge in [-0.25, -0.2) is 0 Å². The zero-order valence-electron chi connectivity index (χ0n) is 9.24. The molecule has 3 rings (SSSR count). The van der Waals surface area contributed by atoms with E-state index in [9.17, 15) is 0 Å². The van der Waals surface area contributed by atoms with Crippen LogP contribution in [-0.4, -0.2) is 10.1 Å². The molecule has 1 saturated carbocycles. The van der Waals surface area contributed by atoms with E-state index >= 15 is 0 Å². The maximum Gasteiger partial charge on any atom is 0.248 e. The minimum absolute atomic E-state index is 0. The first kappa shape index (κ1) is 12.1. The molecule has 1 heterocycles. The monoisotopic (exact) mass is 251 g/mol. The van der Waals surface area contributed by atoms with Crippen LogP contribution in [0.25, 0.3) is 0 Å². The van der Waals surface area contributed by atoms with Crippen LogP contribution in [0.3, 0.4) is 0 Å². The van der Waals surface area contributed by atoms with Crippen LogP contribution in [0, 0.1) is 0 Å². The van der Waals surface area contributed by atoms with Crippen LogP contribution in [0.2, 0.25) is 0 Å². The van der Waals surface area contributed by atoms with E-state index in [1.165, 1.54) is 12.8 Å². The Kier molecular flexibility index (Phi) is 3.45. The van der Waals surface area contributed by atoms with E-state index in [-0.39, 0.29) is 18.4 Å². The Morgan fingerprint density at radius 2 is 1.94 bits per heavy atom. The Bertz CT molecular complexity index is 482. The third kappa shape index (κ3) is 2.48. The quantitative estimate of drug-likeness (QED) is 0.910. The van der Waals surface area contributed by atoms with Gasteiger partial charge in [0.2, 0.25) is 5.89 Å². The van der Waals surface area contributed by atoms with Crippen molar-refractivity contribution < 1.29 is 4.52 Å². The number of nitrogens with zero attached hydrogens (tertiary/aromatic N) is 2. The summed E-state index contributed by atoms with van der Waals surface area (Å²) in [4.78, 5) is 4.35. The maximum atomic E-state index is 6.05. The van der Waals surface area contributed by atoms with Crippen molar-refractivity contribution in [1.82, 2.24) is 10.1 Å². The number of aromatic nitrogens is 2. The van der Waals surface area contributed by atoms with Crippen LogP contribution >= 0.6 is 12.4 Å². The zero-order valence-corrected chi connectivity index (χ0v) is 10.1. The summed E-state index contributed by atoms with van der Waals surface area (Å²) in [6, 6.07) is 9.47. The van der Waals surface area contributed by atoms with Gasteiger partial charge in [0.25, 0.3) is 0 Å². The van der Waals surface area contributed by atoms with Crippen molar-refractivity contribution in [2.24, 2.45) is 5.73 Å². The average Bonchev–Trinajstić information content (AvgIpc) is 3.08. The summed E-state index contributed by atoms with van der Waals surface area (Å²) in [5, 5.41) is 3.96. The fraction of sp³-hybridized carbons (Fsp3) is 0.333. The van der Waals surface area contributed by atoms with E-state index in [0.717, 1.165) is 11.4 Å². The lowest BCUT2D eigenvalue weighted by molar-refractivity contribution is 0.362. The SMILES string of the molecule is Cl.NC(c1ccccc1)c1nc(C2CC2)no1. The van der Waals surface area contributed by atoms with Crippen LogP contribution in [0.15, 0.2) is 34.9 Å². The predicted octanol–water partition coefficient (Wildman–Crippen LogP) is 2.42. The summed E-state index contributed by atoms with van der Waals surface area (Å²) < 4.78 is 5.20. The number of benzene rings is 1. The van der Waals surface area contributed by atoms with Crippen molar-refractivity contribution in [1.29, 1.82) is 0 Å². The van der Waals surface area contributed by atoms with Crippen molar-refractivity contribution in [3.05, 3.63) is 47.6 Å². The normalized spacial score (nSPS) is 16.3. The summed E-state index contributed by atoms with van der Waals surface area (Å²) in [5.41, 5.74) is 7.05. The minimum atomic E-state index is -0.318. The van der Waals surface area contributed by atoms with Gasteiger partial charge in [0.1, 0.15) is 6.04 Å². The topological polar surface area (TPSA) is 64.9 Å². The van der Waals surface area contributed by atoms with Gasteiger partial charge in [0.15, 0.2) is 5.82 Å². The van der Waals surface area contributed by atoms with E-state index in [1.54, 1.807) is 0 Å². The molecule has 0 bridgehead atoms. The van der Waals surface area contributed by atoms with Gasteiger partial charge >= 0.3 is 0 Å². The largest absolute Gasteiger partial charge is 0.337 e. The van der Waals surface area contributed by atoms with E-state index < -0.39 is 0 Å². The van der Waals surface area contributed by atoms with Crippen molar-refractivity contribution in [3.8, 4) is 0 Å². The first-order valence-electron chi connectivity index (χ1n) is 5.48. The number of halogens is 1. The number of nitrogens with two attached hydrogens (primary N) is 1. The Morgan fingerprint density at radius 3 is 2.59 bits per heavy atom. The number of hydrogen-bond acceptors (Lipinski definition) is 4. The lowest BCUT2D eigenvalue weighted by Gasteiger charge is -2.05. The average molecular weight is 252 g/mol. The second-order valence-electron chi connectivity index (χ2n) is 4.15. The molecule has 2 aromatic rings. The predicted molar refractivity (Wildman–Crippen MR) is 66.0 cm³/mol. The van der Waals surface area contributed by atoms with Crippen LogP contribution < -0.4 is 5.73 Å². The maximum absolute atomic E-state index is 6.05. The molecule has 0 radical (unpaired) electrons. The molecule has 17 heavy (non-hydrogen) atoms. The second kappa shape index (κ2) is 4.85. The first-order chi connectivity index (χ1) is 7.84. The Hall–Kier alpha value is -1.39.